The van der Waals surface area contributed by atoms with E-state index in [1.165, 1.54) is 5.56 Å². The summed E-state index contributed by atoms with van der Waals surface area (Å²) >= 11 is 0. The van der Waals surface area contributed by atoms with Gasteiger partial charge in [0.2, 0.25) is 0 Å². The van der Waals surface area contributed by atoms with Gasteiger partial charge in [0.05, 0.1) is 12.7 Å². The molecule has 0 spiro atoms. The van der Waals surface area contributed by atoms with Crippen LogP contribution in [-0.4, -0.2) is 53.5 Å². The van der Waals surface area contributed by atoms with Crippen LogP contribution in [-0.2, 0) is 6.54 Å². The highest BCUT2D eigenvalue weighted by Gasteiger charge is 2.30. The zero-order chi connectivity index (χ0) is 15.1. The fourth-order valence-corrected chi connectivity index (χ4v) is 3.17. The van der Waals surface area contributed by atoms with Crippen molar-refractivity contribution < 1.29 is 10.2 Å². The van der Waals surface area contributed by atoms with Crippen LogP contribution in [0.25, 0.3) is 0 Å². The highest BCUT2D eigenvalue weighted by atomic mass is 16.3. The molecule has 1 aliphatic heterocycles. The smallest absolute Gasteiger partial charge is 0.0578 e. The zero-order valence-electron chi connectivity index (χ0n) is 12.9. The molecule has 1 aromatic carbocycles. The second-order valence-electron chi connectivity index (χ2n) is 6.02. The van der Waals surface area contributed by atoms with Crippen LogP contribution in [0.15, 0.2) is 30.3 Å². The number of likely N-dealkylation sites (tertiary alicyclic amines) is 1. The van der Waals surface area contributed by atoms with Crippen molar-refractivity contribution in [3.8, 4) is 0 Å². The molecule has 3 unspecified atom stereocenters. The Morgan fingerprint density at radius 1 is 1.29 bits per heavy atom. The Balaban J connectivity index is 1.90. The molecule has 0 saturated carbocycles. The van der Waals surface area contributed by atoms with Crippen molar-refractivity contribution in [2.24, 2.45) is 5.92 Å². The minimum Gasteiger partial charge on any atom is -0.395 e. The summed E-state index contributed by atoms with van der Waals surface area (Å²) in [7, 11) is 0. The van der Waals surface area contributed by atoms with E-state index in [0.29, 0.717) is 18.5 Å². The zero-order valence-corrected chi connectivity index (χ0v) is 12.9. The monoisotopic (exact) mass is 292 g/mol. The quantitative estimate of drug-likeness (QED) is 0.707. The van der Waals surface area contributed by atoms with Crippen LogP contribution in [0.1, 0.15) is 25.3 Å². The predicted molar refractivity (Wildman–Crippen MR) is 85.0 cm³/mol. The Bertz CT molecular complexity index is 399. The second kappa shape index (κ2) is 8.49. The first-order chi connectivity index (χ1) is 10.2. The van der Waals surface area contributed by atoms with Crippen molar-refractivity contribution in [1.29, 1.82) is 0 Å². The molecule has 1 aromatic rings. The second-order valence-corrected chi connectivity index (χ2v) is 6.02. The van der Waals surface area contributed by atoms with Gasteiger partial charge >= 0.3 is 0 Å². The largest absolute Gasteiger partial charge is 0.395 e. The van der Waals surface area contributed by atoms with E-state index in [9.17, 15) is 10.2 Å². The van der Waals surface area contributed by atoms with Gasteiger partial charge in [0.25, 0.3) is 0 Å². The maximum absolute atomic E-state index is 10.2. The minimum atomic E-state index is -0.243. The first-order valence-corrected chi connectivity index (χ1v) is 8.01. The van der Waals surface area contributed by atoms with Crippen LogP contribution < -0.4 is 5.32 Å². The fourth-order valence-electron chi connectivity index (χ4n) is 3.17. The average Bonchev–Trinajstić information content (AvgIpc) is 2.53. The Hall–Kier alpha value is -0.940. The molecular formula is C17H28N2O2. The fraction of sp³-hybridized carbons (Fsp3) is 0.647. The van der Waals surface area contributed by atoms with E-state index >= 15 is 0 Å². The lowest BCUT2D eigenvalue weighted by molar-refractivity contribution is 0.0297. The van der Waals surface area contributed by atoms with Crippen molar-refractivity contribution in [3.05, 3.63) is 35.9 Å². The summed E-state index contributed by atoms with van der Waals surface area (Å²) in [6.45, 7) is 5.59. The third-order valence-electron chi connectivity index (χ3n) is 4.37. The van der Waals surface area contributed by atoms with Gasteiger partial charge in [0, 0.05) is 32.2 Å². The van der Waals surface area contributed by atoms with Gasteiger partial charge in [0.1, 0.15) is 0 Å². The van der Waals surface area contributed by atoms with E-state index in [1.54, 1.807) is 0 Å². The van der Waals surface area contributed by atoms with Crippen molar-refractivity contribution >= 4 is 0 Å². The van der Waals surface area contributed by atoms with Gasteiger partial charge in [-0.05, 0) is 24.3 Å². The number of nitrogens with zero attached hydrogens (tertiary/aromatic N) is 1. The Labute approximate surface area is 127 Å². The van der Waals surface area contributed by atoms with Gasteiger partial charge < -0.3 is 15.5 Å². The number of rotatable bonds is 7. The number of β-amino-alcohol motifs (C(OH)–C–C–N with tert-alkyl or cyclic N) is 1. The Morgan fingerprint density at radius 2 is 2.05 bits per heavy atom. The maximum atomic E-state index is 10.2. The summed E-state index contributed by atoms with van der Waals surface area (Å²) in [5.74, 6) is 0.295. The molecule has 1 fully saturated rings. The molecule has 0 bridgehead atoms. The highest BCUT2D eigenvalue weighted by molar-refractivity contribution is 5.14. The third kappa shape index (κ3) is 5.08. The van der Waals surface area contributed by atoms with Crippen molar-refractivity contribution in [2.45, 2.75) is 38.5 Å². The van der Waals surface area contributed by atoms with Gasteiger partial charge in [-0.2, -0.15) is 0 Å². The first kappa shape index (κ1) is 16.4. The van der Waals surface area contributed by atoms with Crippen LogP contribution in [0.3, 0.4) is 0 Å². The number of hydrogen-bond donors (Lipinski definition) is 3. The molecule has 0 radical (unpaired) electrons. The normalized spacial score (nSPS) is 24.9. The van der Waals surface area contributed by atoms with E-state index < -0.39 is 0 Å². The SMILES string of the molecule is CCC(O)C1CC(NCc2ccccc2)CN(CCO)C1. The molecule has 1 heterocycles. The first-order valence-electron chi connectivity index (χ1n) is 8.01. The van der Waals surface area contributed by atoms with Crippen LogP contribution >= 0.6 is 0 Å². The summed E-state index contributed by atoms with van der Waals surface area (Å²) in [6.07, 6.45) is 1.56. The standard InChI is InChI=1S/C17H28N2O2/c1-2-17(21)15-10-16(13-19(12-15)8-9-20)18-11-14-6-4-3-5-7-14/h3-7,15-18,20-21H,2,8-13H2,1H3. The van der Waals surface area contributed by atoms with Crippen molar-refractivity contribution in [3.63, 3.8) is 0 Å². The van der Waals surface area contributed by atoms with Crippen molar-refractivity contribution in [2.75, 3.05) is 26.2 Å². The molecule has 1 aliphatic rings. The number of hydrogen-bond acceptors (Lipinski definition) is 4. The highest BCUT2D eigenvalue weighted by Crippen LogP contribution is 2.22. The number of nitrogens with one attached hydrogen (secondary N) is 1. The maximum Gasteiger partial charge on any atom is 0.0578 e. The molecule has 4 heteroatoms. The summed E-state index contributed by atoms with van der Waals surface area (Å²) in [4.78, 5) is 2.26. The van der Waals surface area contributed by atoms with E-state index in [0.717, 1.165) is 32.5 Å². The molecule has 2 rings (SSSR count). The lowest BCUT2D eigenvalue weighted by Gasteiger charge is -2.39. The molecular weight excluding hydrogens is 264 g/mol. The molecule has 4 nitrogen and oxygen atoms in total. The molecule has 1 saturated heterocycles. The molecule has 0 amide bonds. The Kier molecular flexibility index (Phi) is 6.64. The van der Waals surface area contributed by atoms with Crippen LogP contribution in [0.5, 0.6) is 0 Å². The number of piperidine rings is 1. The summed E-state index contributed by atoms with van der Waals surface area (Å²) < 4.78 is 0. The third-order valence-corrected chi connectivity index (χ3v) is 4.37. The predicted octanol–water partition coefficient (Wildman–Crippen LogP) is 1.23. The van der Waals surface area contributed by atoms with E-state index in [-0.39, 0.29) is 12.7 Å². The van der Waals surface area contributed by atoms with Gasteiger partial charge in [-0.1, -0.05) is 37.3 Å². The lowest BCUT2D eigenvalue weighted by atomic mass is 9.88. The summed E-state index contributed by atoms with van der Waals surface area (Å²) in [5.41, 5.74) is 1.28. The van der Waals surface area contributed by atoms with E-state index in [2.05, 4.69) is 34.5 Å². The molecule has 0 aliphatic carbocycles. The number of aliphatic hydroxyl groups is 2. The lowest BCUT2D eigenvalue weighted by Crippen LogP contribution is -2.52. The van der Waals surface area contributed by atoms with E-state index in [4.69, 9.17) is 0 Å². The summed E-state index contributed by atoms with van der Waals surface area (Å²) in [6, 6.07) is 10.8. The molecule has 3 atom stereocenters. The van der Waals surface area contributed by atoms with Crippen LogP contribution in [0.4, 0.5) is 0 Å². The summed E-state index contributed by atoms with van der Waals surface area (Å²) in [5, 5.41) is 22.9. The molecule has 3 N–H and O–H groups in total. The van der Waals surface area contributed by atoms with Crippen LogP contribution in [0.2, 0.25) is 0 Å². The van der Waals surface area contributed by atoms with Gasteiger partial charge in [-0.3, -0.25) is 4.90 Å². The molecule has 0 aromatic heterocycles. The topological polar surface area (TPSA) is 55.7 Å². The number of aliphatic hydroxyl groups excluding tert-OH is 2. The molecule has 21 heavy (non-hydrogen) atoms. The van der Waals surface area contributed by atoms with Gasteiger partial charge in [-0.15, -0.1) is 0 Å². The van der Waals surface area contributed by atoms with Crippen molar-refractivity contribution in [1.82, 2.24) is 10.2 Å². The Morgan fingerprint density at radius 3 is 2.71 bits per heavy atom. The van der Waals surface area contributed by atoms with Crippen LogP contribution in [0, 0.1) is 5.92 Å². The minimum absolute atomic E-state index is 0.181. The van der Waals surface area contributed by atoms with Gasteiger partial charge in [-0.25, -0.2) is 0 Å². The average molecular weight is 292 g/mol. The van der Waals surface area contributed by atoms with Gasteiger partial charge in [0.15, 0.2) is 0 Å². The molecule has 118 valence electrons. The van der Waals surface area contributed by atoms with E-state index in [1.807, 2.05) is 13.0 Å². The number of benzene rings is 1.